The molecule has 1 N–H and O–H groups in total. The van der Waals surface area contributed by atoms with Crippen LogP contribution in [-0.2, 0) is 10.5 Å². The third kappa shape index (κ3) is 6.70. The Morgan fingerprint density at radius 3 is 2.00 bits per heavy atom. The Kier molecular flexibility index (Phi) is 6.94. The zero-order valence-electron chi connectivity index (χ0n) is 6.33. The molecule has 0 aliphatic carbocycles. The van der Waals surface area contributed by atoms with Gasteiger partial charge in [0.25, 0.3) is 0 Å². The van der Waals surface area contributed by atoms with Crippen molar-refractivity contribution in [3.63, 3.8) is 0 Å². The second-order valence-electron chi connectivity index (χ2n) is 2.28. The van der Waals surface area contributed by atoms with Crippen LogP contribution in [0.15, 0.2) is 4.36 Å². The third-order valence-electron chi connectivity index (χ3n) is 0.709. The topological polar surface area (TPSA) is 66.7 Å². The first-order valence-corrected chi connectivity index (χ1v) is 3.44. The summed E-state index contributed by atoms with van der Waals surface area (Å²) in [7, 11) is -2.42. The summed E-state index contributed by atoms with van der Waals surface area (Å²) in [5.41, 5.74) is -0.868. The molecule has 0 rings (SSSR count). The molecule has 0 heterocycles. The van der Waals surface area contributed by atoms with Crippen molar-refractivity contribution in [2.45, 2.75) is 19.4 Å². The smallest absolute Gasteiger partial charge is 0.311 e. The van der Waals surface area contributed by atoms with Crippen LogP contribution < -0.4 is 0 Å². The van der Waals surface area contributed by atoms with Crippen LogP contribution in [0.3, 0.4) is 0 Å². The summed E-state index contributed by atoms with van der Waals surface area (Å²) in [5.74, 6) is 0. The molecule has 0 aromatic rings. The largest absolute Gasteiger partial charge is 0.394 e. The van der Waals surface area contributed by atoms with Crippen molar-refractivity contribution < 1.29 is 13.5 Å². The molecule has 0 saturated carbocycles. The van der Waals surface area contributed by atoms with Crippen molar-refractivity contribution >= 4 is 40.1 Å². The normalized spacial score (nSPS) is 9.90. The Hall–Kier alpha value is 0.580. The molecule has 0 aliphatic rings. The van der Waals surface area contributed by atoms with Gasteiger partial charge in [0.05, 0.1) is 12.1 Å². The Morgan fingerprint density at radius 1 is 1.50 bits per heavy atom. The maximum absolute atomic E-state index is 9.90. The van der Waals surface area contributed by atoms with Gasteiger partial charge in [0.15, 0.2) is 0 Å². The van der Waals surface area contributed by atoms with Crippen molar-refractivity contribution in [2.75, 3.05) is 6.61 Å². The van der Waals surface area contributed by atoms with Crippen molar-refractivity contribution in [1.82, 2.24) is 0 Å². The van der Waals surface area contributed by atoms with Crippen molar-refractivity contribution in [3.8, 4) is 0 Å². The predicted molar refractivity (Wildman–Crippen MR) is 38.3 cm³/mol. The van der Waals surface area contributed by atoms with Gasteiger partial charge in [-0.15, -0.1) is 0 Å². The number of aliphatic hydroxyl groups is 1. The van der Waals surface area contributed by atoms with Gasteiger partial charge < -0.3 is 5.11 Å². The van der Waals surface area contributed by atoms with E-state index in [1.54, 1.807) is 0 Å². The zero-order chi connectivity index (χ0) is 7.49. The van der Waals surface area contributed by atoms with E-state index >= 15 is 0 Å². The minimum atomic E-state index is -2.42. The fraction of sp³-hybridized carbons (Fsp3) is 1.00. The molecule has 0 unspecified atom stereocenters. The molecule has 0 bridgehead atoms. The van der Waals surface area contributed by atoms with E-state index in [1.807, 2.05) is 0 Å². The van der Waals surface area contributed by atoms with E-state index in [9.17, 15) is 8.42 Å². The Balaban J connectivity index is 0. The van der Waals surface area contributed by atoms with E-state index in [-0.39, 0.29) is 36.2 Å². The summed E-state index contributed by atoms with van der Waals surface area (Å²) in [5, 5.41) is 8.48. The summed E-state index contributed by atoms with van der Waals surface area (Å²) in [6, 6.07) is 0. The molecule has 1 radical (unpaired) electrons. The van der Waals surface area contributed by atoms with Crippen LogP contribution in [0.1, 0.15) is 13.8 Å². The van der Waals surface area contributed by atoms with Crippen LogP contribution in [0.25, 0.3) is 0 Å². The van der Waals surface area contributed by atoms with Gasteiger partial charge >= 0.3 is 10.5 Å². The summed E-state index contributed by atoms with van der Waals surface area (Å²) < 4.78 is 23.0. The maximum atomic E-state index is 9.90. The van der Waals surface area contributed by atoms with E-state index in [0.717, 1.165) is 0 Å². The molecule has 0 aromatic carbocycles. The number of hydrogen-bond acceptors (Lipinski definition) is 4. The van der Waals surface area contributed by atoms with Crippen LogP contribution in [0.5, 0.6) is 0 Å². The summed E-state index contributed by atoms with van der Waals surface area (Å²) in [6.45, 7) is 2.80. The first-order chi connectivity index (χ1) is 3.98. The van der Waals surface area contributed by atoms with Crippen LogP contribution in [-0.4, -0.2) is 55.2 Å². The van der Waals surface area contributed by atoms with Crippen LogP contribution in [0.2, 0.25) is 0 Å². The summed E-state index contributed by atoms with van der Waals surface area (Å²) in [6.07, 6.45) is 0. The average Bonchev–Trinajstić information content (AvgIpc) is 1.63. The number of rotatable bonds is 2. The van der Waals surface area contributed by atoms with Gasteiger partial charge in [0.2, 0.25) is 0 Å². The Labute approximate surface area is 83.6 Å². The average molecular weight is 174 g/mol. The fourth-order valence-electron chi connectivity index (χ4n) is 0.231. The van der Waals surface area contributed by atoms with E-state index in [0.29, 0.717) is 0 Å². The molecule has 0 spiro atoms. The molecule has 0 aromatic heterocycles. The monoisotopic (exact) mass is 174 g/mol. The van der Waals surface area contributed by atoms with E-state index in [2.05, 4.69) is 4.36 Å². The van der Waals surface area contributed by atoms with E-state index in [1.165, 1.54) is 13.8 Å². The fourth-order valence-corrected chi connectivity index (χ4v) is 0.692. The molecule has 0 amide bonds. The quantitative estimate of drug-likeness (QED) is 0.570. The van der Waals surface area contributed by atoms with Gasteiger partial charge in [-0.2, -0.15) is 12.8 Å². The molecule has 0 atom stereocenters. The summed E-state index contributed by atoms with van der Waals surface area (Å²) >= 11 is 0. The van der Waals surface area contributed by atoms with Crippen molar-refractivity contribution in [2.24, 2.45) is 4.36 Å². The molecule has 55 valence electrons. The minimum absolute atomic E-state index is 0. The molecule has 6 heteroatoms. The molecular formula is C4H9NNaO3S. The first kappa shape index (κ1) is 13.2. The Bertz CT molecular complexity index is 201. The first-order valence-electron chi connectivity index (χ1n) is 2.41. The van der Waals surface area contributed by atoms with Gasteiger partial charge in [-0.05, 0) is 13.8 Å². The number of hydrogen-bond donors (Lipinski definition) is 1. The van der Waals surface area contributed by atoms with Gasteiger partial charge in [-0.1, -0.05) is 0 Å². The minimum Gasteiger partial charge on any atom is -0.394 e. The predicted octanol–water partition coefficient (Wildman–Crippen LogP) is -0.561. The molecular weight excluding hydrogens is 165 g/mol. The van der Waals surface area contributed by atoms with Crippen molar-refractivity contribution in [3.05, 3.63) is 0 Å². The van der Waals surface area contributed by atoms with Crippen LogP contribution >= 0.6 is 0 Å². The van der Waals surface area contributed by atoms with Crippen molar-refractivity contribution in [1.29, 1.82) is 0 Å². The third-order valence-corrected chi connectivity index (χ3v) is 1.35. The van der Waals surface area contributed by atoms with E-state index in [4.69, 9.17) is 5.11 Å². The molecule has 4 nitrogen and oxygen atoms in total. The summed E-state index contributed by atoms with van der Waals surface area (Å²) in [4.78, 5) is 0. The second-order valence-corrected chi connectivity index (χ2v) is 2.90. The van der Waals surface area contributed by atoms with Gasteiger partial charge in [0.1, 0.15) is 0 Å². The standard InChI is InChI=1S/C4H9NO3S.Na/c1-4(2,3-6)5-9(7)8;/h6H,3H2,1-2H3;. The SMILES string of the molecule is CC(C)(CO)N=S(=O)=O.[Na]. The number of nitrogens with zero attached hydrogens (tertiary/aromatic N) is 1. The maximum Gasteiger partial charge on any atom is 0.311 e. The van der Waals surface area contributed by atoms with Crippen LogP contribution in [0.4, 0.5) is 0 Å². The van der Waals surface area contributed by atoms with E-state index < -0.39 is 16.0 Å². The van der Waals surface area contributed by atoms with Gasteiger partial charge in [0, 0.05) is 29.6 Å². The molecule has 0 saturated heterocycles. The molecule has 0 aliphatic heterocycles. The van der Waals surface area contributed by atoms with Gasteiger partial charge in [-0.3, -0.25) is 0 Å². The Morgan fingerprint density at radius 2 is 1.90 bits per heavy atom. The molecule has 10 heavy (non-hydrogen) atoms. The second kappa shape index (κ2) is 5.26. The van der Waals surface area contributed by atoms with Gasteiger partial charge in [-0.25, -0.2) is 0 Å². The van der Waals surface area contributed by atoms with Crippen LogP contribution in [0, 0.1) is 0 Å². The molecule has 0 fully saturated rings. The zero-order valence-corrected chi connectivity index (χ0v) is 9.14. The number of aliphatic hydroxyl groups excluding tert-OH is 1.